The molecule has 0 atom stereocenters. The standard InChI is InChI=1S/C31H26F4N4O4/c1-17-10-21(42-26-5-3-2-4-23(26)32)15-24(33)28(17)39-30(36)22(16-37-39)29(40)20-11-18-13-25(38-6-8-41-9-7-38)27(43-31(34)35)14-19(18)12-20/h2-5,10,12-16,31H,6-9,11,36H2,1H3. The molecule has 0 unspecified atom stereocenters. The molecule has 1 fully saturated rings. The molecule has 3 aromatic carbocycles. The first-order chi connectivity index (χ1) is 20.7. The van der Waals surface area contributed by atoms with E-state index in [0.717, 1.165) is 16.3 Å². The van der Waals surface area contributed by atoms with Gasteiger partial charge >= 0.3 is 6.61 Å². The number of nitrogens with zero attached hydrogens (tertiary/aromatic N) is 3. The molecule has 0 bridgehead atoms. The van der Waals surface area contributed by atoms with Crippen LogP contribution in [0.4, 0.5) is 29.1 Å². The average Bonchev–Trinajstić information content (AvgIpc) is 3.56. The van der Waals surface area contributed by atoms with Gasteiger partial charge in [-0.15, -0.1) is 0 Å². The van der Waals surface area contributed by atoms with Crippen molar-refractivity contribution in [3.8, 4) is 22.9 Å². The molecule has 1 aliphatic heterocycles. The van der Waals surface area contributed by atoms with E-state index in [0.29, 0.717) is 48.7 Å². The maximum absolute atomic E-state index is 15.3. The lowest BCUT2D eigenvalue weighted by Gasteiger charge is -2.30. The van der Waals surface area contributed by atoms with E-state index >= 15 is 4.39 Å². The number of ether oxygens (including phenoxy) is 3. The predicted octanol–water partition coefficient (Wildman–Crippen LogP) is 6.09. The van der Waals surface area contributed by atoms with Crippen LogP contribution in [0.25, 0.3) is 11.8 Å². The van der Waals surface area contributed by atoms with Gasteiger partial charge in [0, 0.05) is 31.1 Å². The minimum atomic E-state index is -3.01. The van der Waals surface area contributed by atoms with Crippen molar-refractivity contribution in [1.82, 2.24) is 9.78 Å². The third-order valence-corrected chi connectivity index (χ3v) is 7.35. The number of anilines is 2. The molecular weight excluding hydrogens is 568 g/mol. The quantitative estimate of drug-likeness (QED) is 0.195. The van der Waals surface area contributed by atoms with Crippen molar-refractivity contribution in [2.45, 2.75) is 20.0 Å². The Morgan fingerprint density at radius 3 is 2.53 bits per heavy atom. The maximum atomic E-state index is 15.3. The monoisotopic (exact) mass is 594 g/mol. The molecule has 6 rings (SSSR count). The highest BCUT2D eigenvalue weighted by Crippen LogP contribution is 2.39. The Labute approximate surface area is 243 Å². The SMILES string of the molecule is Cc1cc(Oc2ccccc2F)cc(F)c1-n1ncc(C(=O)C2=Cc3cc(OC(F)F)c(N4CCOCC4)cc3C2)c1N. The van der Waals surface area contributed by atoms with E-state index in [2.05, 4.69) is 5.10 Å². The van der Waals surface area contributed by atoms with Gasteiger partial charge in [0.1, 0.15) is 23.0 Å². The summed E-state index contributed by atoms with van der Waals surface area (Å²) in [5, 5.41) is 4.18. The normalized spacial score (nSPS) is 14.6. The summed E-state index contributed by atoms with van der Waals surface area (Å²) in [6.45, 7) is 0.532. The van der Waals surface area contributed by atoms with Crippen LogP contribution in [0.3, 0.4) is 0 Å². The Balaban J connectivity index is 1.26. The molecule has 1 saturated heterocycles. The number of rotatable bonds is 8. The summed E-state index contributed by atoms with van der Waals surface area (Å²) < 4.78 is 72.6. The smallest absolute Gasteiger partial charge is 0.387 e. The van der Waals surface area contributed by atoms with Crippen LogP contribution in [-0.2, 0) is 11.2 Å². The van der Waals surface area contributed by atoms with Gasteiger partial charge in [-0.25, -0.2) is 13.5 Å². The lowest BCUT2D eigenvalue weighted by Crippen LogP contribution is -2.36. The fourth-order valence-corrected chi connectivity index (χ4v) is 5.32. The molecule has 2 heterocycles. The molecule has 1 aromatic heterocycles. The van der Waals surface area contributed by atoms with Crippen molar-refractivity contribution in [3.63, 3.8) is 0 Å². The molecule has 0 amide bonds. The molecule has 43 heavy (non-hydrogen) atoms. The number of carbonyl (C=O) groups excluding carboxylic acids is 1. The van der Waals surface area contributed by atoms with Crippen LogP contribution in [0.1, 0.15) is 27.0 Å². The Morgan fingerprint density at radius 2 is 1.81 bits per heavy atom. The maximum Gasteiger partial charge on any atom is 0.387 e. The lowest BCUT2D eigenvalue weighted by atomic mass is 10.0. The highest BCUT2D eigenvalue weighted by molar-refractivity contribution is 6.15. The van der Waals surface area contributed by atoms with Gasteiger partial charge in [-0.05, 0) is 60.0 Å². The largest absolute Gasteiger partial charge is 0.454 e. The Kier molecular flexibility index (Phi) is 7.53. The van der Waals surface area contributed by atoms with Crippen molar-refractivity contribution >= 4 is 23.4 Å². The van der Waals surface area contributed by atoms with Gasteiger partial charge in [0.2, 0.25) is 0 Å². The Morgan fingerprint density at radius 1 is 1.05 bits per heavy atom. The van der Waals surface area contributed by atoms with Crippen LogP contribution < -0.4 is 20.1 Å². The molecule has 0 radical (unpaired) electrons. The lowest BCUT2D eigenvalue weighted by molar-refractivity contribution is -0.0496. The van der Waals surface area contributed by atoms with Crippen LogP contribution in [-0.4, -0.2) is 48.5 Å². The topological polar surface area (TPSA) is 91.8 Å². The van der Waals surface area contributed by atoms with Crippen LogP contribution in [0.5, 0.6) is 17.2 Å². The molecule has 2 N–H and O–H groups in total. The third-order valence-electron chi connectivity index (χ3n) is 7.35. The van der Waals surface area contributed by atoms with Crippen molar-refractivity contribution in [1.29, 1.82) is 0 Å². The molecule has 12 heteroatoms. The van der Waals surface area contributed by atoms with E-state index in [1.807, 2.05) is 4.90 Å². The molecule has 1 aliphatic carbocycles. The van der Waals surface area contributed by atoms with Gasteiger partial charge in [-0.1, -0.05) is 12.1 Å². The molecule has 0 saturated carbocycles. The van der Waals surface area contributed by atoms with E-state index in [1.54, 1.807) is 25.1 Å². The highest BCUT2D eigenvalue weighted by Gasteiger charge is 2.28. The van der Waals surface area contributed by atoms with Crippen molar-refractivity contribution in [2.75, 3.05) is 36.9 Å². The van der Waals surface area contributed by atoms with Gasteiger partial charge in [-0.3, -0.25) is 4.79 Å². The van der Waals surface area contributed by atoms with Gasteiger partial charge < -0.3 is 24.8 Å². The molecule has 8 nitrogen and oxygen atoms in total. The summed E-state index contributed by atoms with van der Waals surface area (Å²) in [7, 11) is 0. The highest BCUT2D eigenvalue weighted by atomic mass is 19.3. The molecule has 222 valence electrons. The number of hydrogen-bond donors (Lipinski definition) is 1. The summed E-state index contributed by atoms with van der Waals surface area (Å²) in [6, 6.07) is 11.6. The average molecular weight is 595 g/mol. The summed E-state index contributed by atoms with van der Waals surface area (Å²) in [5.41, 5.74) is 8.98. The molecule has 2 aliphatic rings. The van der Waals surface area contributed by atoms with E-state index in [4.69, 9.17) is 19.9 Å². The second kappa shape index (κ2) is 11.4. The van der Waals surface area contributed by atoms with Crippen LogP contribution in [0.15, 0.2) is 60.3 Å². The van der Waals surface area contributed by atoms with E-state index < -0.39 is 24.0 Å². The Hall–Kier alpha value is -4.84. The van der Waals surface area contributed by atoms with E-state index in [-0.39, 0.29) is 40.7 Å². The predicted molar refractivity (Wildman–Crippen MR) is 151 cm³/mol. The molecule has 0 spiro atoms. The molecular formula is C31H26F4N4O4. The number of aryl methyl sites for hydroxylation is 1. The second-order valence-electron chi connectivity index (χ2n) is 10.1. The minimum Gasteiger partial charge on any atom is -0.454 e. The minimum absolute atomic E-state index is 0.00469. The number of benzene rings is 3. The second-order valence-corrected chi connectivity index (χ2v) is 10.1. The zero-order valence-electron chi connectivity index (χ0n) is 23.0. The fraction of sp³-hybridized carbons (Fsp3) is 0.226. The number of morpholine rings is 1. The number of halogens is 4. The number of Topliss-reactive ketones (excluding diaryl/α,β-unsaturated/α-hetero) is 1. The number of fused-ring (bicyclic) bond motifs is 1. The Bertz CT molecular complexity index is 1720. The van der Waals surface area contributed by atoms with Crippen molar-refractivity contribution in [3.05, 3.63) is 94.2 Å². The van der Waals surface area contributed by atoms with Crippen LogP contribution in [0.2, 0.25) is 0 Å². The number of para-hydroxylation sites is 1. The fourth-order valence-electron chi connectivity index (χ4n) is 5.32. The first-order valence-corrected chi connectivity index (χ1v) is 13.5. The number of allylic oxidation sites excluding steroid dienone is 1. The van der Waals surface area contributed by atoms with Gasteiger partial charge in [0.05, 0.1) is 30.7 Å². The van der Waals surface area contributed by atoms with E-state index in [1.165, 1.54) is 36.5 Å². The summed E-state index contributed by atoms with van der Waals surface area (Å²) in [4.78, 5) is 15.5. The first-order valence-electron chi connectivity index (χ1n) is 13.5. The number of nitrogen functional groups attached to an aromatic ring is 1. The number of nitrogens with two attached hydrogens (primary N) is 1. The number of aromatic nitrogens is 2. The number of carbonyl (C=O) groups is 1. The molecule has 4 aromatic rings. The van der Waals surface area contributed by atoms with Crippen LogP contribution in [0, 0.1) is 18.6 Å². The van der Waals surface area contributed by atoms with Gasteiger partial charge in [0.15, 0.2) is 23.2 Å². The third kappa shape index (κ3) is 5.53. The number of alkyl halides is 2. The van der Waals surface area contributed by atoms with Crippen LogP contribution >= 0.6 is 0 Å². The zero-order valence-corrected chi connectivity index (χ0v) is 23.0. The number of ketones is 1. The summed E-state index contributed by atoms with van der Waals surface area (Å²) >= 11 is 0. The van der Waals surface area contributed by atoms with E-state index in [9.17, 15) is 18.0 Å². The summed E-state index contributed by atoms with van der Waals surface area (Å²) in [5.74, 6) is -1.81. The number of hydrogen-bond acceptors (Lipinski definition) is 7. The zero-order chi connectivity index (χ0) is 30.2. The first kappa shape index (κ1) is 28.3. The van der Waals surface area contributed by atoms with Crippen molar-refractivity contribution in [2.24, 2.45) is 0 Å². The van der Waals surface area contributed by atoms with Crippen molar-refractivity contribution < 1.29 is 36.6 Å². The van der Waals surface area contributed by atoms with Gasteiger partial charge in [0.25, 0.3) is 0 Å². The summed E-state index contributed by atoms with van der Waals surface area (Å²) in [6.07, 6.45) is 3.10. The van der Waals surface area contributed by atoms with Gasteiger partial charge in [-0.2, -0.15) is 13.9 Å².